The van der Waals surface area contributed by atoms with E-state index in [1.807, 2.05) is 6.92 Å². The van der Waals surface area contributed by atoms with Gasteiger partial charge < -0.3 is 15.8 Å². The first-order valence-electron chi connectivity index (χ1n) is 3.00. The van der Waals surface area contributed by atoms with Crippen molar-refractivity contribution in [1.29, 1.82) is 0 Å². The average molecular weight is 141 g/mol. The van der Waals surface area contributed by atoms with Crippen LogP contribution >= 0.6 is 0 Å². The summed E-state index contributed by atoms with van der Waals surface area (Å²) in [6.45, 7) is 1.83. The summed E-state index contributed by atoms with van der Waals surface area (Å²) in [7, 11) is 1.59. The molecule has 3 N–H and O–H groups in total. The molecular weight excluding hydrogens is 130 g/mol. The third kappa shape index (κ3) is 1.27. The van der Waals surface area contributed by atoms with Crippen molar-refractivity contribution in [2.24, 2.45) is 10.7 Å². The number of nitrogens with one attached hydrogen (secondary N) is 1. The van der Waals surface area contributed by atoms with E-state index in [2.05, 4.69) is 10.3 Å². The van der Waals surface area contributed by atoms with E-state index in [0.29, 0.717) is 5.82 Å². The zero-order chi connectivity index (χ0) is 7.61. The van der Waals surface area contributed by atoms with Crippen LogP contribution in [-0.4, -0.2) is 19.2 Å². The normalized spacial score (nSPS) is 31.2. The molecule has 4 heteroatoms. The Bertz CT molecular complexity index is 187. The van der Waals surface area contributed by atoms with Crippen LogP contribution in [0.2, 0.25) is 0 Å². The smallest absolute Gasteiger partial charge is 0.180 e. The SMILES string of the molecule is COC1(C)C=C(N)NC=N1. The Balaban J connectivity index is 2.78. The molecule has 0 amide bonds. The van der Waals surface area contributed by atoms with Gasteiger partial charge in [0.15, 0.2) is 5.72 Å². The van der Waals surface area contributed by atoms with Crippen LogP contribution in [0.1, 0.15) is 6.92 Å². The molecule has 0 aliphatic carbocycles. The van der Waals surface area contributed by atoms with Crippen molar-refractivity contribution in [1.82, 2.24) is 5.32 Å². The number of nitrogens with zero attached hydrogens (tertiary/aromatic N) is 1. The first-order chi connectivity index (χ1) is 4.66. The van der Waals surface area contributed by atoms with Crippen LogP contribution in [0.5, 0.6) is 0 Å². The quantitative estimate of drug-likeness (QED) is 0.530. The highest BCUT2D eigenvalue weighted by Gasteiger charge is 2.20. The molecule has 0 aromatic rings. The Hall–Kier alpha value is -1.03. The zero-order valence-corrected chi connectivity index (χ0v) is 6.09. The number of nitrogens with two attached hydrogens (primary N) is 1. The minimum atomic E-state index is -0.588. The number of hydrogen-bond acceptors (Lipinski definition) is 4. The molecule has 10 heavy (non-hydrogen) atoms. The van der Waals surface area contributed by atoms with Crippen LogP contribution in [0, 0.1) is 0 Å². The summed E-state index contributed by atoms with van der Waals surface area (Å²) in [4.78, 5) is 4.02. The molecule has 0 saturated heterocycles. The fourth-order valence-electron chi connectivity index (χ4n) is 0.714. The van der Waals surface area contributed by atoms with Gasteiger partial charge in [-0.25, -0.2) is 4.99 Å². The van der Waals surface area contributed by atoms with Crippen LogP contribution in [0.15, 0.2) is 16.9 Å². The van der Waals surface area contributed by atoms with E-state index in [1.54, 1.807) is 13.2 Å². The molecule has 1 heterocycles. The van der Waals surface area contributed by atoms with Crippen molar-refractivity contribution in [2.45, 2.75) is 12.6 Å². The minimum Gasteiger partial charge on any atom is -0.385 e. The summed E-state index contributed by atoms with van der Waals surface area (Å²) in [5, 5.41) is 2.74. The van der Waals surface area contributed by atoms with Gasteiger partial charge in [-0.3, -0.25) is 0 Å². The average Bonchev–Trinajstić information content (AvgIpc) is 1.88. The summed E-state index contributed by atoms with van der Waals surface area (Å²) in [6, 6.07) is 0. The Labute approximate surface area is 59.8 Å². The first-order valence-corrected chi connectivity index (χ1v) is 3.00. The van der Waals surface area contributed by atoms with Gasteiger partial charge in [-0.2, -0.15) is 0 Å². The summed E-state index contributed by atoms with van der Waals surface area (Å²) in [5.74, 6) is 0.569. The van der Waals surface area contributed by atoms with Crippen molar-refractivity contribution >= 4 is 6.34 Å². The lowest BCUT2D eigenvalue weighted by molar-refractivity contribution is 0.0549. The van der Waals surface area contributed by atoms with E-state index in [0.717, 1.165) is 0 Å². The van der Waals surface area contributed by atoms with Crippen molar-refractivity contribution in [3.63, 3.8) is 0 Å². The standard InChI is InChI=1S/C6H11N3O/c1-6(10-2)3-5(7)8-4-9-6/h3-4H,7H2,1-2H3,(H,8,9). The molecule has 0 saturated carbocycles. The summed E-state index contributed by atoms with van der Waals surface area (Å²) < 4.78 is 5.05. The summed E-state index contributed by atoms with van der Waals surface area (Å²) >= 11 is 0. The van der Waals surface area contributed by atoms with Gasteiger partial charge in [-0.1, -0.05) is 0 Å². The van der Waals surface area contributed by atoms with E-state index in [4.69, 9.17) is 10.5 Å². The maximum Gasteiger partial charge on any atom is 0.180 e. The Morgan fingerprint density at radius 1 is 1.80 bits per heavy atom. The van der Waals surface area contributed by atoms with Gasteiger partial charge in [-0.05, 0) is 6.92 Å². The molecule has 1 aliphatic rings. The minimum absolute atomic E-state index is 0.569. The molecule has 0 fully saturated rings. The van der Waals surface area contributed by atoms with Crippen molar-refractivity contribution in [2.75, 3.05) is 7.11 Å². The second kappa shape index (κ2) is 2.30. The maximum absolute atomic E-state index is 5.46. The van der Waals surface area contributed by atoms with Crippen LogP contribution in [0.25, 0.3) is 0 Å². The van der Waals surface area contributed by atoms with Crippen LogP contribution in [0.4, 0.5) is 0 Å². The van der Waals surface area contributed by atoms with Gasteiger partial charge in [-0.15, -0.1) is 0 Å². The van der Waals surface area contributed by atoms with E-state index < -0.39 is 5.72 Å². The van der Waals surface area contributed by atoms with Crippen LogP contribution in [-0.2, 0) is 4.74 Å². The lowest BCUT2D eigenvalue weighted by Crippen LogP contribution is -2.33. The van der Waals surface area contributed by atoms with Gasteiger partial charge in [0.2, 0.25) is 0 Å². The molecule has 0 aromatic carbocycles. The highest BCUT2D eigenvalue weighted by atomic mass is 16.5. The summed E-state index contributed by atoms with van der Waals surface area (Å²) in [6.07, 6.45) is 3.24. The van der Waals surface area contributed by atoms with Crippen molar-refractivity contribution in [3.05, 3.63) is 11.9 Å². The van der Waals surface area contributed by atoms with Crippen LogP contribution < -0.4 is 11.1 Å². The number of rotatable bonds is 1. The molecule has 0 spiro atoms. The monoisotopic (exact) mass is 141 g/mol. The number of hydrogen-bond donors (Lipinski definition) is 2. The fraction of sp³-hybridized carbons (Fsp3) is 0.500. The molecule has 0 aromatic heterocycles. The summed E-state index contributed by atoms with van der Waals surface area (Å²) in [5.41, 5.74) is 4.88. The second-order valence-electron chi connectivity index (χ2n) is 2.26. The number of methoxy groups -OCH3 is 1. The van der Waals surface area contributed by atoms with E-state index in [9.17, 15) is 0 Å². The molecule has 1 aliphatic heterocycles. The molecule has 4 nitrogen and oxygen atoms in total. The lowest BCUT2D eigenvalue weighted by atomic mass is 10.2. The van der Waals surface area contributed by atoms with Crippen LogP contribution in [0.3, 0.4) is 0 Å². The third-order valence-corrected chi connectivity index (χ3v) is 1.39. The predicted molar refractivity (Wildman–Crippen MR) is 39.3 cm³/mol. The molecule has 1 rings (SSSR count). The molecule has 56 valence electrons. The van der Waals surface area contributed by atoms with Crippen molar-refractivity contribution < 1.29 is 4.74 Å². The Morgan fingerprint density at radius 3 is 2.90 bits per heavy atom. The molecule has 0 bridgehead atoms. The largest absolute Gasteiger partial charge is 0.385 e. The van der Waals surface area contributed by atoms with E-state index in [-0.39, 0.29) is 0 Å². The highest BCUT2D eigenvalue weighted by molar-refractivity contribution is 5.59. The van der Waals surface area contributed by atoms with Gasteiger partial charge in [0.05, 0.1) is 6.34 Å². The van der Waals surface area contributed by atoms with Gasteiger partial charge in [0.25, 0.3) is 0 Å². The highest BCUT2D eigenvalue weighted by Crippen LogP contribution is 2.14. The molecule has 1 atom stereocenters. The molecular formula is C6H11N3O. The zero-order valence-electron chi connectivity index (χ0n) is 6.09. The van der Waals surface area contributed by atoms with Crippen molar-refractivity contribution in [3.8, 4) is 0 Å². The lowest BCUT2D eigenvalue weighted by Gasteiger charge is -2.23. The second-order valence-corrected chi connectivity index (χ2v) is 2.26. The first kappa shape index (κ1) is 7.08. The van der Waals surface area contributed by atoms with Gasteiger partial charge in [0.1, 0.15) is 5.82 Å². The Kier molecular flexibility index (Phi) is 1.63. The number of aliphatic imine (C=N–C) groups is 1. The topological polar surface area (TPSA) is 59.6 Å². The predicted octanol–water partition coefficient (Wildman–Crippen LogP) is -0.219. The van der Waals surface area contributed by atoms with E-state index >= 15 is 0 Å². The third-order valence-electron chi connectivity index (χ3n) is 1.39. The fourth-order valence-corrected chi connectivity index (χ4v) is 0.714. The maximum atomic E-state index is 5.46. The van der Waals surface area contributed by atoms with Gasteiger partial charge >= 0.3 is 0 Å². The van der Waals surface area contributed by atoms with Gasteiger partial charge in [0, 0.05) is 13.2 Å². The molecule has 1 unspecified atom stereocenters. The molecule has 0 radical (unpaired) electrons. The Morgan fingerprint density at radius 2 is 2.50 bits per heavy atom. The van der Waals surface area contributed by atoms with E-state index in [1.165, 1.54) is 6.34 Å². The number of ether oxygens (including phenoxy) is 1.